The number of rotatable bonds is 7. The third-order valence-electron chi connectivity index (χ3n) is 7.57. The molecule has 0 saturated heterocycles. The predicted molar refractivity (Wildman–Crippen MR) is 161 cm³/mol. The van der Waals surface area contributed by atoms with Crippen molar-refractivity contribution in [3.63, 3.8) is 0 Å². The maximum atomic E-state index is 5.84. The predicted octanol–water partition coefficient (Wildman–Crippen LogP) is 7.06. The molecule has 2 nitrogen and oxygen atoms in total. The zero-order valence-electron chi connectivity index (χ0n) is 21.1. The topological polar surface area (TPSA) is 24.1 Å². The lowest BCUT2D eigenvalue weighted by atomic mass is 9.99. The van der Waals surface area contributed by atoms with Gasteiger partial charge in [-0.3, -0.25) is 0 Å². The fourth-order valence-electron chi connectivity index (χ4n) is 5.84. The summed E-state index contributed by atoms with van der Waals surface area (Å²) >= 11 is 5.84. The lowest BCUT2D eigenvalue weighted by molar-refractivity contribution is 0.429. The van der Waals surface area contributed by atoms with E-state index >= 15 is 0 Å². The van der Waals surface area contributed by atoms with Crippen molar-refractivity contribution in [2.45, 2.75) is 50.9 Å². The molecule has 0 radical (unpaired) electrons. The molecule has 4 aromatic carbocycles. The van der Waals surface area contributed by atoms with E-state index in [4.69, 9.17) is 12.2 Å². The van der Waals surface area contributed by atoms with Crippen molar-refractivity contribution in [1.29, 1.82) is 0 Å². The Balaban J connectivity index is 1.31. The molecule has 0 spiro atoms. The number of hydrogen-bond donors (Lipinski definition) is 2. The standard InChI is InChI=1S/C32H35N2PS/c1-23(28-20-11-14-25-13-9-10-19-30(25)28)33-32(36)34-24(2)29-21-12-22-31(29)35(26-15-5-3-6-16-26)27-17-7-4-8-18-27/h3-11,13-20,23-24,29,31H,12,21-22H2,1-2H3,(H2,33,34,36)/t23-,24-,29?,31?/m1/s1. The van der Waals surface area contributed by atoms with Crippen molar-refractivity contribution in [3.05, 3.63) is 109 Å². The van der Waals surface area contributed by atoms with E-state index < -0.39 is 7.92 Å². The van der Waals surface area contributed by atoms with Gasteiger partial charge in [0.2, 0.25) is 0 Å². The van der Waals surface area contributed by atoms with Crippen LogP contribution in [0.1, 0.15) is 44.7 Å². The van der Waals surface area contributed by atoms with Crippen LogP contribution >= 0.6 is 20.1 Å². The van der Waals surface area contributed by atoms with Gasteiger partial charge in [0, 0.05) is 6.04 Å². The molecule has 0 amide bonds. The van der Waals surface area contributed by atoms with Crippen LogP contribution < -0.4 is 21.2 Å². The molecule has 0 aliphatic heterocycles. The highest BCUT2D eigenvalue weighted by molar-refractivity contribution is 7.80. The monoisotopic (exact) mass is 510 g/mol. The molecule has 36 heavy (non-hydrogen) atoms. The van der Waals surface area contributed by atoms with Gasteiger partial charge >= 0.3 is 0 Å². The zero-order valence-corrected chi connectivity index (χ0v) is 22.8. The average molecular weight is 511 g/mol. The van der Waals surface area contributed by atoms with Crippen LogP contribution in [0.25, 0.3) is 10.8 Å². The number of hydrogen-bond acceptors (Lipinski definition) is 1. The highest BCUT2D eigenvalue weighted by atomic mass is 32.1. The van der Waals surface area contributed by atoms with Gasteiger partial charge in [0.15, 0.2) is 5.11 Å². The summed E-state index contributed by atoms with van der Waals surface area (Å²) < 4.78 is 0. The van der Waals surface area contributed by atoms with E-state index in [1.54, 1.807) is 0 Å². The van der Waals surface area contributed by atoms with Crippen LogP contribution in [-0.4, -0.2) is 16.8 Å². The van der Waals surface area contributed by atoms with E-state index in [-0.39, 0.29) is 6.04 Å². The van der Waals surface area contributed by atoms with Gasteiger partial charge in [-0.25, -0.2) is 0 Å². The van der Waals surface area contributed by atoms with Gasteiger partial charge in [-0.2, -0.15) is 0 Å². The Labute approximate surface area is 222 Å². The van der Waals surface area contributed by atoms with Crippen LogP contribution in [0.5, 0.6) is 0 Å². The molecule has 1 aliphatic rings. The van der Waals surface area contributed by atoms with Gasteiger partial charge in [0.05, 0.1) is 6.04 Å². The van der Waals surface area contributed by atoms with Crippen LogP contribution in [0.15, 0.2) is 103 Å². The summed E-state index contributed by atoms with van der Waals surface area (Å²) in [7, 11) is -0.425. The Bertz CT molecular complexity index is 1250. The molecule has 4 heteroatoms. The smallest absolute Gasteiger partial charge is 0.166 e. The molecular weight excluding hydrogens is 475 g/mol. The summed E-state index contributed by atoms with van der Waals surface area (Å²) in [4.78, 5) is 0. The molecule has 2 N–H and O–H groups in total. The first-order chi connectivity index (χ1) is 17.6. The highest BCUT2D eigenvalue weighted by Gasteiger charge is 2.38. The first-order valence-corrected chi connectivity index (χ1v) is 14.9. The Morgan fingerprint density at radius 1 is 0.750 bits per heavy atom. The Morgan fingerprint density at radius 2 is 1.36 bits per heavy atom. The molecule has 1 aliphatic carbocycles. The van der Waals surface area contributed by atoms with Gasteiger partial charge in [-0.05, 0) is 85.4 Å². The lowest BCUT2D eigenvalue weighted by Gasteiger charge is -2.34. The molecule has 1 saturated carbocycles. The Morgan fingerprint density at radius 3 is 2.06 bits per heavy atom. The molecule has 0 bridgehead atoms. The number of fused-ring (bicyclic) bond motifs is 1. The van der Waals surface area contributed by atoms with Crippen molar-refractivity contribution in [1.82, 2.24) is 10.6 Å². The van der Waals surface area contributed by atoms with E-state index in [2.05, 4.69) is 128 Å². The maximum absolute atomic E-state index is 5.84. The normalized spacial score (nSPS) is 19.2. The fourth-order valence-corrected chi connectivity index (χ4v) is 9.48. The van der Waals surface area contributed by atoms with E-state index in [1.165, 1.54) is 46.2 Å². The third kappa shape index (κ3) is 5.48. The summed E-state index contributed by atoms with van der Waals surface area (Å²) in [5, 5.41) is 13.5. The van der Waals surface area contributed by atoms with Gasteiger partial charge in [-0.1, -0.05) is 110 Å². The first kappa shape index (κ1) is 24.9. The maximum Gasteiger partial charge on any atom is 0.166 e. The van der Waals surface area contributed by atoms with Crippen LogP contribution in [0.3, 0.4) is 0 Å². The summed E-state index contributed by atoms with van der Waals surface area (Å²) in [6.07, 6.45) is 3.81. The summed E-state index contributed by atoms with van der Waals surface area (Å²) in [5.41, 5.74) is 1.92. The number of nitrogens with one attached hydrogen (secondary N) is 2. The second-order valence-electron chi connectivity index (χ2n) is 9.90. The molecule has 2 unspecified atom stereocenters. The van der Waals surface area contributed by atoms with Crippen molar-refractivity contribution in [2.75, 3.05) is 0 Å². The highest BCUT2D eigenvalue weighted by Crippen LogP contribution is 2.51. The SMILES string of the molecule is C[C@@H](NC(=S)N[C@H](C)C1CCCC1P(c1ccccc1)c1ccccc1)c1cccc2ccccc12. The Hall–Kier alpha value is -2.74. The van der Waals surface area contributed by atoms with Crippen LogP contribution in [0, 0.1) is 5.92 Å². The van der Waals surface area contributed by atoms with Crippen molar-refractivity contribution < 1.29 is 0 Å². The van der Waals surface area contributed by atoms with Crippen molar-refractivity contribution in [3.8, 4) is 0 Å². The van der Waals surface area contributed by atoms with Crippen molar-refractivity contribution in [2.24, 2.45) is 5.92 Å². The van der Waals surface area contributed by atoms with E-state index in [1.807, 2.05) is 0 Å². The van der Waals surface area contributed by atoms with Gasteiger partial charge in [0.1, 0.15) is 0 Å². The van der Waals surface area contributed by atoms with E-state index in [0.717, 1.165) is 5.11 Å². The quantitative estimate of drug-likeness (QED) is 0.206. The summed E-state index contributed by atoms with van der Waals surface area (Å²) in [6.45, 7) is 4.52. The van der Waals surface area contributed by atoms with E-state index in [9.17, 15) is 0 Å². The number of benzene rings is 4. The molecule has 4 atom stereocenters. The van der Waals surface area contributed by atoms with Crippen LogP contribution in [0.4, 0.5) is 0 Å². The molecule has 0 aromatic heterocycles. The molecule has 5 rings (SSSR count). The summed E-state index contributed by atoms with van der Waals surface area (Å²) in [5.74, 6) is 0.587. The van der Waals surface area contributed by atoms with E-state index in [0.29, 0.717) is 17.6 Å². The van der Waals surface area contributed by atoms with Gasteiger partial charge in [-0.15, -0.1) is 0 Å². The van der Waals surface area contributed by atoms with Crippen molar-refractivity contribution >= 4 is 46.6 Å². The molecule has 0 heterocycles. The molecular formula is C32H35N2PS. The first-order valence-electron chi connectivity index (χ1n) is 13.1. The molecule has 1 fully saturated rings. The largest absolute Gasteiger partial charge is 0.360 e. The van der Waals surface area contributed by atoms with Crippen LogP contribution in [-0.2, 0) is 0 Å². The second-order valence-corrected chi connectivity index (χ2v) is 12.7. The van der Waals surface area contributed by atoms with Gasteiger partial charge < -0.3 is 10.6 Å². The van der Waals surface area contributed by atoms with Gasteiger partial charge in [0.25, 0.3) is 0 Å². The van der Waals surface area contributed by atoms with Crippen LogP contribution in [0.2, 0.25) is 0 Å². The minimum atomic E-state index is -0.425. The third-order valence-corrected chi connectivity index (χ3v) is 10.8. The molecule has 184 valence electrons. The zero-order chi connectivity index (χ0) is 24.9. The Kier molecular flexibility index (Phi) is 7.99. The lowest BCUT2D eigenvalue weighted by Crippen LogP contribution is -2.46. The summed E-state index contributed by atoms with van der Waals surface area (Å²) in [6, 6.07) is 37.8. The number of thiocarbonyl (C=S) groups is 1. The molecule has 4 aromatic rings. The average Bonchev–Trinajstić information content (AvgIpc) is 3.39. The minimum absolute atomic E-state index is 0.133. The second kappa shape index (κ2) is 11.5. The fraction of sp³-hybridized carbons (Fsp3) is 0.281. The minimum Gasteiger partial charge on any atom is -0.360 e.